The molecular weight excluding hydrogens is 484 g/mol. The molecule has 0 unspecified atom stereocenters. The van der Waals surface area contributed by atoms with Crippen molar-refractivity contribution in [2.24, 2.45) is 0 Å². The van der Waals surface area contributed by atoms with Gasteiger partial charge in [-0.15, -0.1) is 0 Å². The van der Waals surface area contributed by atoms with E-state index >= 15 is 0 Å². The van der Waals surface area contributed by atoms with Crippen molar-refractivity contribution >= 4 is 29.3 Å². The Morgan fingerprint density at radius 1 is 1.25 bits per heavy atom. The first-order valence-electron chi connectivity index (χ1n) is 11.6. The molecule has 2 heterocycles. The number of aromatic nitrogens is 2. The minimum Gasteiger partial charge on any atom is -0.507 e. The molecule has 190 valence electrons. The molecule has 1 aromatic heterocycles. The number of H-pyrrole nitrogens is 1. The predicted molar refractivity (Wildman–Crippen MR) is 136 cm³/mol. The number of carbonyl (C=O) groups is 2. The van der Waals surface area contributed by atoms with Crippen LogP contribution in [0.1, 0.15) is 31.9 Å². The number of rotatable bonds is 5. The third kappa shape index (κ3) is 6.16. The number of anilines is 1. The number of aromatic amines is 1. The van der Waals surface area contributed by atoms with Crippen molar-refractivity contribution in [1.29, 1.82) is 0 Å². The Morgan fingerprint density at radius 2 is 2.00 bits per heavy atom. The molecule has 2 amide bonds. The average Bonchev–Trinajstić information content (AvgIpc) is 3.28. The van der Waals surface area contributed by atoms with Crippen LogP contribution in [-0.4, -0.2) is 63.6 Å². The second kappa shape index (κ2) is 10.6. The molecule has 0 bridgehead atoms. The van der Waals surface area contributed by atoms with Crippen LogP contribution in [0, 0.1) is 0 Å². The van der Waals surface area contributed by atoms with Crippen LogP contribution in [0.3, 0.4) is 0 Å². The average molecular weight is 513 g/mol. The quantitative estimate of drug-likeness (QED) is 0.460. The summed E-state index contributed by atoms with van der Waals surface area (Å²) in [6.07, 6.45) is 1.72. The molecule has 3 N–H and O–H groups in total. The maximum atomic E-state index is 13.0. The van der Waals surface area contributed by atoms with E-state index in [2.05, 4.69) is 15.5 Å². The van der Waals surface area contributed by atoms with Gasteiger partial charge in [-0.1, -0.05) is 23.7 Å². The number of nitrogens with zero attached hydrogens (tertiary/aromatic N) is 2. The largest absolute Gasteiger partial charge is 0.507 e. The van der Waals surface area contributed by atoms with Gasteiger partial charge in [-0.25, -0.2) is 4.79 Å². The first-order chi connectivity index (χ1) is 17.1. The normalized spacial score (nSPS) is 16.0. The Bertz CT molecular complexity index is 1240. The van der Waals surface area contributed by atoms with E-state index in [-0.39, 0.29) is 24.8 Å². The molecule has 9 nitrogen and oxygen atoms in total. The number of phenols is 1. The van der Waals surface area contributed by atoms with Gasteiger partial charge in [-0.2, -0.15) is 5.10 Å². The minimum absolute atomic E-state index is 0.1000. The number of amides is 2. The maximum absolute atomic E-state index is 13.0. The summed E-state index contributed by atoms with van der Waals surface area (Å²) >= 11 is 6.10. The Balaban J connectivity index is 1.43. The number of halogens is 1. The van der Waals surface area contributed by atoms with E-state index in [1.165, 1.54) is 4.90 Å². The fourth-order valence-corrected chi connectivity index (χ4v) is 4.07. The highest BCUT2D eigenvalue weighted by molar-refractivity contribution is 6.31. The van der Waals surface area contributed by atoms with Crippen molar-refractivity contribution in [3.63, 3.8) is 0 Å². The van der Waals surface area contributed by atoms with E-state index in [1.807, 2.05) is 12.1 Å². The van der Waals surface area contributed by atoms with E-state index in [0.29, 0.717) is 35.0 Å². The topological polar surface area (TPSA) is 117 Å². The van der Waals surface area contributed by atoms with Gasteiger partial charge >= 0.3 is 6.09 Å². The fraction of sp³-hybridized carbons (Fsp3) is 0.346. The molecule has 0 radical (unpaired) electrons. The van der Waals surface area contributed by atoms with Crippen molar-refractivity contribution in [2.45, 2.75) is 38.8 Å². The molecule has 0 saturated carbocycles. The second-order valence-corrected chi connectivity index (χ2v) is 10.00. The fourth-order valence-electron chi connectivity index (χ4n) is 3.90. The number of phenolic OH excluding ortho intramolecular Hbond substituents is 1. The molecule has 1 atom stereocenters. The number of hydrogen-bond acceptors (Lipinski definition) is 6. The molecule has 1 aliphatic rings. The summed E-state index contributed by atoms with van der Waals surface area (Å²) in [4.78, 5) is 27.0. The molecule has 10 heteroatoms. The van der Waals surface area contributed by atoms with Gasteiger partial charge < -0.3 is 19.9 Å². The van der Waals surface area contributed by atoms with Gasteiger partial charge in [-0.3, -0.25) is 14.8 Å². The van der Waals surface area contributed by atoms with E-state index in [9.17, 15) is 14.7 Å². The maximum Gasteiger partial charge on any atom is 0.411 e. The lowest BCUT2D eigenvalue weighted by Gasteiger charge is -2.35. The van der Waals surface area contributed by atoms with Crippen molar-refractivity contribution in [2.75, 3.05) is 25.1 Å². The lowest BCUT2D eigenvalue weighted by molar-refractivity contribution is -0.127. The van der Waals surface area contributed by atoms with Crippen LogP contribution in [0.25, 0.3) is 11.3 Å². The Morgan fingerprint density at radius 3 is 2.72 bits per heavy atom. The highest BCUT2D eigenvalue weighted by atomic mass is 35.5. The van der Waals surface area contributed by atoms with Crippen LogP contribution in [-0.2, 0) is 20.7 Å². The van der Waals surface area contributed by atoms with E-state index in [1.54, 1.807) is 57.3 Å². The van der Waals surface area contributed by atoms with Gasteiger partial charge in [0.25, 0.3) is 0 Å². The summed E-state index contributed by atoms with van der Waals surface area (Å²) in [5.74, 6) is -0.239. The smallest absolute Gasteiger partial charge is 0.411 e. The molecule has 3 aromatic rings. The number of ether oxygens (including phenoxy) is 2. The van der Waals surface area contributed by atoms with Crippen LogP contribution in [0.4, 0.5) is 10.5 Å². The SMILES string of the molecule is CC(C)(C)OC(=O)N1CCOC[C@H]1C(=O)Nc1ccc(Cc2cn[nH]c2-c2cc(Cl)ccc2O)cc1. The van der Waals surface area contributed by atoms with Crippen LogP contribution >= 0.6 is 11.6 Å². The van der Waals surface area contributed by atoms with Gasteiger partial charge in [0, 0.05) is 34.8 Å². The standard InChI is InChI=1S/C26H29ClN4O5/c1-26(2,3)36-25(34)31-10-11-35-15-21(31)24(33)29-19-7-4-16(5-8-19)12-17-14-28-30-23(17)20-13-18(27)6-9-22(20)32/h4-9,13-14,21,32H,10-12,15H2,1-3H3,(H,28,30)(H,29,33)/t21-/m0/s1. The van der Waals surface area contributed by atoms with Gasteiger partial charge in [0.05, 0.1) is 25.1 Å². The van der Waals surface area contributed by atoms with Gasteiger partial charge in [0.1, 0.15) is 17.4 Å². The minimum atomic E-state index is -0.785. The Kier molecular flexibility index (Phi) is 7.51. The third-order valence-electron chi connectivity index (χ3n) is 5.62. The van der Waals surface area contributed by atoms with Crippen molar-refractivity contribution in [1.82, 2.24) is 15.1 Å². The number of carbonyl (C=O) groups excluding carboxylic acids is 2. The summed E-state index contributed by atoms with van der Waals surface area (Å²) in [5.41, 5.74) is 3.06. The second-order valence-electron chi connectivity index (χ2n) is 9.56. The molecule has 0 aliphatic carbocycles. The molecule has 2 aromatic carbocycles. The van der Waals surface area contributed by atoms with E-state index < -0.39 is 17.7 Å². The number of aromatic hydroxyl groups is 1. The summed E-state index contributed by atoms with van der Waals surface area (Å²) in [6.45, 7) is 6.08. The van der Waals surface area contributed by atoms with E-state index in [0.717, 1.165) is 11.1 Å². The molecule has 1 fully saturated rings. The number of morpholine rings is 1. The van der Waals surface area contributed by atoms with Crippen molar-refractivity contribution < 1.29 is 24.2 Å². The molecule has 36 heavy (non-hydrogen) atoms. The summed E-state index contributed by atoms with van der Waals surface area (Å²) < 4.78 is 10.9. The van der Waals surface area contributed by atoms with Crippen LogP contribution in [0.15, 0.2) is 48.7 Å². The molecule has 1 aliphatic heterocycles. The molecular formula is C26H29ClN4O5. The first-order valence-corrected chi connectivity index (χ1v) is 12.0. The predicted octanol–water partition coefficient (Wildman–Crippen LogP) is 4.60. The zero-order valence-electron chi connectivity index (χ0n) is 20.4. The number of benzene rings is 2. The lowest BCUT2D eigenvalue weighted by atomic mass is 10.0. The van der Waals surface area contributed by atoms with Crippen LogP contribution in [0.5, 0.6) is 5.75 Å². The highest BCUT2D eigenvalue weighted by Crippen LogP contribution is 2.33. The first kappa shape index (κ1) is 25.5. The third-order valence-corrected chi connectivity index (χ3v) is 5.86. The van der Waals surface area contributed by atoms with Crippen molar-refractivity contribution in [3.8, 4) is 17.0 Å². The molecule has 4 rings (SSSR count). The molecule has 0 spiro atoms. The highest BCUT2D eigenvalue weighted by Gasteiger charge is 2.35. The van der Waals surface area contributed by atoms with Crippen LogP contribution in [0.2, 0.25) is 5.02 Å². The Labute approximate surface area is 214 Å². The summed E-state index contributed by atoms with van der Waals surface area (Å²) in [5, 5.41) is 20.7. The van der Waals surface area contributed by atoms with Gasteiger partial charge in [-0.05, 0) is 56.7 Å². The Hall–Kier alpha value is -3.56. The summed E-state index contributed by atoms with van der Waals surface area (Å²) in [7, 11) is 0. The van der Waals surface area contributed by atoms with Crippen LogP contribution < -0.4 is 5.32 Å². The summed E-state index contributed by atoms with van der Waals surface area (Å²) in [6, 6.07) is 11.4. The number of nitrogens with one attached hydrogen (secondary N) is 2. The van der Waals surface area contributed by atoms with E-state index in [4.69, 9.17) is 21.1 Å². The number of hydrogen-bond donors (Lipinski definition) is 3. The zero-order valence-corrected chi connectivity index (χ0v) is 21.1. The molecule has 1 saturated heterocycles. The van der Waals surface area contributed by atoms with Crippen molar-refractivity contribution in [3.05, 3.63) is 64.8 Å². The van der Waals surface area contributed by atoms with Gasteiger partial charge in [0.2, 0.25) is 5.91 Å². The monoisotopic (exact) mass is 512 g/mol. The zero-order chi connectivity index (χ0) is 25.9. The van der Waals surface area contributed by atoms with Gasteiger partial charge in [0.15, 0.2) is 0 Å². The lowest BCUT2D eigenvalue weighted by Crippen LogP contribution is -2.55.